The van der Waals surface area contributed by atoms with Crippen LogP contribution in [0.15, 0.2) is 29.3 Å². The molecule has 0 saturated carbocycles. The number of nitrogens with zero attached hydrogens (tertiary/aromatic N) is 1. The van der Waals surface area contributed by atoms with Crippen molar-refractivity contribution >= 4 is 5.90 Å². The van der Waals surface area contributed by atoms with Crippen molar-refractivity contribution in [1.29, 1.82) is 0 Å². The molecule has 0 aromatic carbocycles. The molecule has 1 atom stereocenters. The van der Waals surface area contributed by atoms with E-state index in [1.54, 1.807) is 0 Å². The fourth-order valence-corrected chi connectivity index (χ4v) is 0.838. The highest BCUT2D eigenvalue weighted by Crippen LogP contribution is 2.03. The van der Waals surface area contributed by atoms with Gasteiger partial charge in [-0.1, -0.05) is 18.2 Å². The Labute approximate surface area is 67.3 Å². The zero-order valence-corrected chi connectivity index (χ0v) is 6.95. The number of ether oxygens (including phenoxy) is 1. The molecule has 0 N–H and O–H groups in total. The quantitative estimate of drug-likeness (QED) is 0.553. The van der Waals surface area contributed by atoms with Gasteiger partial charge in [0.2, 0.25) is 5.90 Å². The van der Waals surface area contributed by atoms with Crippen molar-refractivity contribution in [3.63, 3.8) is 0 Å². The number of hydrogen-bond donors (Lipinski definition) is 0. The smallest absolute Gasteiger partial charge is 0.208 e. The van der Waals surface area contributed by atoms with E-state index < -0.39 is 0 Å². The molecule has 2 nitrogen and oxygen atoms in total. The maximum atomic E-state index is 5.24. The van der Waals surface area contributed by atoms with Gasteiger partial charge in [0.1, 0.15) is 6.61 Å². The standard InChI is InChI=1S/C9H13NO/c1-3-4-5-6-9-10-8(2)7-11-9/h3-6,8H,7H2,1-2H3/b4-3+,6-5+. The second-order valence-electron chi connectivity index (χ2n) is 2.51. The molecule has 11 heavy (non-hydrogen) atoms. The van der Waals surface area contributed by atoms with E-state index in [0.29, 0.717) is 6.04 Å². The maximum Gasteiger partial charge on any atom is 0.208 e. The van der Waals surface area contributed by atoms with Crippen LogP contribution in [-0.4, -0.2) is 18.5 Å². The van der Waals surface area contributed by atoms with Gasteiger partial charge in [0.15, 0.2) is 0 Å². The average Bonchev–Trinajstić information content (AvgIpc) is 2.37. The molecule has 0 aliphatic carbocycles. The van der Waals surface area contributed by atoms with Gasteiger partial charge in [-0.25, -0.2) is 4.99 Å². The Bertz CT molecular complexity index is 204. The molecule has 1 heterocycles. The van der Waals surface area contributed by atoms with E-state index in [9.17, 15) is 0 Å². The Morgan fingerprint density at radius 2 is 2.36 bits per heavy atom. The van der Waals surface area contributed by atoms with Gasteiger partial charge in [-0.05, 0) is 19.9 Å². The average molecular weight is 151 g/mol. The maximum absolute atomic E-state index is 5.24. The summed E-state index contributed by atoms with van der Waals surface area (Å²) in [5.41, 5.74) is 0. The molecule has 1 aliphatic heterocycles. The van der Waals surface area contributed by atoms with Crippen LogP contribution < -0.4 is 0 Å². The van der Waals surface area contributed by atoms with Crippen molar-refractivity contribution < 1.29 is 4.74 Å². The molecule has 0 aromatic heterocycles. The van der Waals surface area contributed by atoms with E-state index in [4.69, 9.17) is 4.74 Å². The number of allylic oxidation sites excluding steroid dienone is 3. The minimum Gasteiger partial charge on any atom is -0.476 e. The highest BCUT2D eigenvalue weighted by atomic mass is 16.5. The summed E-state index contributed by atoms with van der Waals surface area (Å²) in [5, 5.41) is 0. The number of aliphatic imine (C=N–C) groups is 1. The highest BCUT2D eigenvalue weighted by molar-refractivity contribution is 5.89. The fraction of sp³-hybridized carbons (Fsp3) is 0.444. The van der Waals surface area contributed by atoms with Gasteiger partial charge >= 0.3 is 0 Å². The summed E-state index contributed by atoms with van der Waals surface area (Å²) in [5.74, 6) is 0.746. The Kier molecular flexibility index (Phi) is 2.90. The Morgan fingerprint density at radius 1 is 1.55 bits per heavy atom. The van der Waals surface area contributed by atoms with Gasteiger partial charge in [-0.3, -0.25) is 0 Å². The summed E-state index contributed by atoms with van der Waals surface area (Å²) in [6.45, 7) is 4.73. The second kappa shape index (κ2) is 3.96. The first kappa shape index (κ1) is 8.05. The van der Waals surface area contributed by atoms with Gasteiger partial charge in [-0.2, -0.15) is 0 Å². The van der Waals surface area contributed by atoms with Crippen LogP contribution in [0.3, 0.4) is 0 Å². The minimum absolute atomic E-state index is 0.320. The van der Waals surface area contributed by atoms with Crippen molar-refractivity contribution in [2.45, 2.75) is 19.9 Å². The molecule has 0 fully saturated rings. The van der Waals surface area contributed by atoms with Crippen LogP contribution in [0.2, 0.25) is 0 Å². The minimum atomic E-state index is 0.320. The van der Waals surface area contributed by atoms with Gasteiger partial charge < -0.3 is 4.74 Å². The van der Waals surface area contributed by atoms with E-state index in [2.05, 4.69) is 4.99 Å². The predicted molar refractivity (Wildman–Crippen MR) is 46.8 cm³/mol. The fourth-order valence-electron chi connectivity index (χ4n) is 0.838. The molecule has 0 radical (unpaired) electrons. The molecule has 1 unspecified atom stereocenters. The van der Waals surface area contributed by atoms with E-state index in [0.717, 1.165) is 12.5 Å². The summed E-state index contributed by atoms with van der Waals surface area (Å²) in [7, 11) is 0. The monoisotopic (exact) mass is 151 g/mol. The van der Waals surface area contributed by atoms with E-state index in [-0.39, 0.29) is 0 Å². The van der Waals surface area contributed by atoms with Gasteiger partial charge in [0.25, 0.3) is 0 Å². The number of hydrogen-bond acceptors (Lipinski definition) is 2. The summed E-state index contributed by atoms with van der Waals surface area (Å²) < 4.78 is 5.24. The van der Waals surface area contributed by atoms with E-state index in [1.165, 1.54) is 0 Å². The first-order chi connectivity index (χ1) is 5.33. The molecular weight excluding hydrogens is 138 g/mol. The van der Waals surface area contributed by atoms with Crippen LogP contribution in [-0.2, 0) is 4.74 Å². The van der Waals surface area contributed by atoms with Crippen LogP contribution in [0.1, 0.15) is 13.8 Å². The van der Waals surface area contributed by atoms with Crippen molar-refractivity contribution in [2.24, 2.45) is 4.99 Å². The second-order valence-corrected chi connectivity index (χ2v) is 2.51. The van der Waals surface area contributed by atoms with Crippen molar-refractivity contribution in [3.05, 3.63) is 24.3 Å². The lowest BCUT2D eigenvalue weighted by atomic mass is 10.4. The lowest BCUT2D eigenvalue weighted by Crippen LogP contribution is -1.98. The van der Waals surface area contributed by atoms with Crippen molar-refractivity contribution in [3.8, 4) is 0 Å². The molecule has 2 heteroatoms. The zero-order chi connectivity index (χ0) is 8.10. The Hall–Kier alpha value is -1.05. The molecule has 1 aliphatic rings. The normalized spacial score (nSPS) is 24.5. The van der Waals surface area contributed by atoms with Crippen LogP contribution in [0.5, 0.6) is 0 Å². The molecule has 0 amide bonds. The third-order valence-electron chi connectivity index (χ3n) is 1.36. The third-order valence-corrected chi connectivity index (χ3v) is 1.36. The SMILES string of the molecule is C/C=C/C=C/C1=NC(C)CO1. The van der Waals surface area contributed by atoms with Gasteiger partial charge in [0, 0.05) is 0 Å². The molecule has 0 aromatic rings. The van der Waals surface area contributed by atoms with Crippen LogP contribution in [0, 0.1) is 0 Å². The van der Waals surface area contributed by atoms with Gasteiger partial charge in [-0.15, -0.1) is 0 Å². The molecule has 0 bridgehead atoms. The molecule has 0 spiro atoms. The number of rotatable bonds is 2. The van der Waals surface area contributed by atoms with Crippen LogP contribution in [0.25, 0.3) is 0 Å². The highest BCUT2D eigenvalue weighted by Gasteiger charge is 2.10. The van der Waals surface area contributed by atoms with Gasteiger partial charge in [0.05, 0.1) is 6.04 Å². The summed E-state index contributed by atoms with van der Waals surface area (Å²) in [6.07, 6.45) is 7.73. The molecule has 0 saturated heterocycles. The van der Waals surface area contributed by atoms with E-state index in [1.807, 2.05) is 38.2 Å². The third kappa shape index (κ3) is 2.58. The summed E-state index contributed by atoms with van der Waals surface area (Å²) in [4.78, 5) is 4.23. The molecular formula is C9H13NO. The summed E-state index contributed by atoms with van der Waals surface area (Å²) >= 11 is 0. The lowest BCUT2D eigenvalue weighted by Gasteiger charge is -1.91. The van der Waals surface area contributed by atoms with Crippen LogP contribution in [0.4, 0.5) is 0 Å². The summed E-state index contributed by atoms with van der Waals surface area (Å²) in [6, 6.07) is 0.320. The Morgan fingerprint density at radius 3 is 2.91 bits per heavy atom. The Balaban J connectivity index is 2.44. The largest absolute Gasteiger partial charge is 0.476 e. The molecule has 1 rings (SSSR count). The van der Waals surface area contributed by atoms with Crippen molar-refractivity contribution in [1.82, 2.24) is 0 Å². The van der Waals surface area contributed by atoms with Crippen molar-refractivity contribution in [2.75, 3.05) is 6.61 Å². The lowest BCUT2D eigenvalue weighted by molar-refractivity contribution is 0.325. The van der Waals surface area contributed by atoms with Crippen LogP contribution >= 0.6 is 0 Å². The first-order valence-electron chi connectivity index (χ1n) is 3.83. The topological polar surface area (TPSA) is 21.6 Å². The first-order valence-corrected chi connectivity index (χ1v) is 3.83. The zero-order valence-electron chi connectivity index (χ0n) is 6.95. The van der Waals surface area contributed by atoms with E-state index >= 15 is 0 Å². The predicted octanol–water partition coefficient (Wildman–Crippen LogP) is 1.94. The molecule has 60 valence electrons.